The van der Waals surface area contributed by atoms with Crippen LogP contribution in [0, 0.1) is 0 Å². The van der Waals surface area contributed by atoms with Crippen LogP contribution in [0.25, 0.3) is 0 Å². The van der Waals surface area contributed by atoms with Crippen LogP contribution in [-0.4, -0.2) is 25.6 Å². The van der Waals surface area contributed by atoms with Crippen LogP contribution < -0.4 is 4.74 Å². The highest BCUT2D eigenvalue weighted by Crippen LogP contribution is 2.10. The average molecular weight is 254 g/mol. The highest BCUT2D eigenvalue weighted by molar-refractivity contribution is 5.75. The van der Waals surface area contributed by atoms with Crippen molar-refractivity contribution in [2.75, 3.05) is 13.7 Å². The number of hydrogen-bond donors (Lipinski definition) is 0. The van der Waals surface area contributed by atoms with Gasteiger partial charge in [-0.2, -0.15) is 0 Å². The van der Waals surface area contributed by atoms with Gasteiger partial charge in [0.15, 0.2) is 0 Å². The van der Waals surface area contributed by atoms with Crippen molar-refractivity contribution in [3.63, 3.8) is 0 Å². The molecule has 0 fully saturated rings. The van der Waals surface area contributed by atoms with E-state index >= 15 is 0 Å². The van der Waals surface area contributed by atoms with Crippen molar-refractivity contribution >= 4 is 5.78 Å². The molecule has 0 spiro atoms. The predicted molar refractivity (Wildman–Crippen MR) is 76.1 cm³/mol. The first-order valence-corrected chi connectivity index (χ1v) is 5.42. The molecule has 18 heavy (non-hydrogen) atoms. The van der Waals surface area contributed by atoms with Crippen LogP contribution in [0.5, 0.6) is 5.75 Å². The van der Waals surface area contributed by atoms with Crippen molar-refractivity contribution in [1.82, 2.24) is 0 Å². The fourth-order valence-corrected chi connectivity index (χ4v) is 1.45. The van der Waals surface area contributed by atoms with E-state index in [2.05, 4.69) is 0 Å². The topological polar surface area (TPSA) is 35.5 Å². The van der Waals surface area contributed by atoms with Crippen molar-refractivity contribution in [2.45, 2.75) is 40.7 Å². The summed E-state index contributed by atoms with van der Waals surface area (Å²) in [7, 11) is 1.62. The van der Waals surface area contributed by atoms with Gasteiger partial charge in [0.25, 0.3) is 0 Å². The van der Waals surface area contributed by atoms with Crippen LogP contribution in [0.1, 0.15) is 34.6 Å². The van der Waals surface area contributed by atoms with Crippen molar-refractivity contribution in [3.05, 3.63) is 30.3 Å². The van der Waals surface area contributed by atoms with Gasteiger partial charge in [0.2, 0.25) is 0 Å². The van der Waals surface area contributed by atoms with Gasteiger partial charge in [0.05, 0.1) is 12.7 Å². The van der Waals surface area contributed by atoms with Gasteiger partial charge < -0.3 is 9.47 Å². The molecule has 1 unspecified atom stereocenters. The molecule has 0 amide bonds. The smallest absolute Gasteiger partial charge is 0.132 e. The Balaban J connectivity index is 0. The Labute approximate surface area is 111 Å². The number of rotatable bonds is 7. The number of ether oxygens (including phenoxy) is 2. The molecule has 1 aromatic rings. The lowest BCUT2D eigenvalue weighted by Gasteiger charge is -2.14. The molecule has 1 rings (SSSR count). The predicted octanol–water partition coefficient (Wildman–Crippen LogP) is 3.72. The van der Waals surface area contributed by atoms with Crippen LogP contribution in [0.15, 0.2) is 30.3 Å². The average Bonchev–Trinajstić information content (AvgIpc) is 2.28. The van der Waals surface area contributed by atoms with Crippen molar-refractivity contribution < 1.29 is 14.3 Å². The number of hydrogen-bond acceptors (Lipinski definition) is 3. The Bertz CT molecular complexity index is 309. The molecular weight excluding hydrogens is 228 g/mol. The lowest BCUT2D eigenvalue weighted by Crippen LogP contribution is -2.17. The molecule has 0 aliphatic heterocycles. The number of methoxy groups -OCH3 is 1. The standard InChI is InChI=1S/C13H18O3.2CH4/c1-11(14)10-13(15-2)8-9-16-12-6-4-3-5-7-12;;/h3-7,13H,8-10H2,1-2H3;2*1H4. The molecular formula is C15H26O3. The minimum Gasteiger partial charge on any atom is -0.493 e. The van der Waals surface area contributed by atoms with E-state index in [1.165, 1.54) is 0 Å². The van der Waals surface area contributed by atoms with Crippen LogP contribution >= 0.6 is 0 Å². The Morgan fingerprint density at radius 2 is 1.83 bits per heavy atom. The fraction of sp³-hybridized carbons (Fsp3) is 0.533. The molecule has 0 aliphatic carbocycles. The van der Waals surface area contributed by atoms with Crippen LogP contribution in [0.3, 0.4) is 0 Å². The van der Waals surface area contributed by atoms with Crippen LogP contribution in [-0.2, 0) is 9.53 Å². The highest BCUT2D eigenvalue weighted by atomic mass is 16.5. The number of para-hydroxylation sites is 1. The first kappa shape index (κ1) is 19.0. The third-order valence-electron chi connectivity index (χ3n) is 2.30. The zero-order valence-electron chi connectivity index (χ0n) is 9.81. The van der Waals surface area contributed by atoms with Gasteiger partial charge in [0.1, 0.15) is 11.5 Å². The summed E-state index contributed by atoms with van der Waals surface area (Å²) in [5.41, 5.74) is 0. The SMILES string of the molecule is C.C.COC(CCOc1ccccc1)CC(C)=O. The number of carbonyl (C=O) groups excluding carboxylic acids is 1. The maximum atomic E-state index is 10.9. The zero-order valence-corrected chi connectivity index (χ0v) is 9.81. The number of ketones is 1. The summed E-state index contributed by atoms with van der Waals surface area (Å²) in [5.74, 6) is 0.992. The Morgan fingerprint density at radius 1 is 1.22 bits per heavy atom. The summed E-state index contributed by atoms with van der Waals surface area (Å²) in [6.45, 7) is 2.14. The molecule has 0 saturated carbocycles. The lowest BCUT2D eigenvalue weighted by molar-refractivity contribution is -0.119. The van der Waals surface area contributed by atoms with E-state index in [0.29, 0.717) is 13.0 Å². The summed E-state index contributed by atoms with van der Waals surface area (Å²) in [6.07, 6.45) is 1.14. The third-order valence-corrected chi connectivity index (χ3v) is 2.30. The number of Topliss-reactive ketones (excluding diaryl/α,β-unsaturated/α-hetero) is 1. The van der Waals surface area contributed by atoms with Crippen molar-refractivity contribution in [1.29, 1.82) is 0 Å². The summed E-state index contributed by atoms with van der Waals surface area (Å²) < 4.78 is 10.7. The first-order valence-electron chi connectivity index (χ1n) is 5.42. The largest absolute Gasteiger partial charge is 0.493 e. The molecule has 0 radical (unpaired) electrons. The van der Waals surface area contributed by atoms with Crippen LogP contribution in [0.4, 0.5) is 0 Å². The quantitative estimate of drug-likeness (QED) is 0.744. The van der Waals surface area contributed by atoms with E-state index in [9.17, 15) is 4.79 Å². The Morgan fingerprint density at radius 3 is 2.33 bits per heavy atom. The second-order valence-electron chi connectivity index (χ2n) is 3.71. The van der Waals surface area contributed by atoms with Gasteiger partial charge in [-0.3, -0.25) is 4.79 Å². The van der Waals surface area contributed by atoms with E-state index in [1.54, 1.807) is 14.0 Å². The molecule has 0 bridgehead atoms. The third kappa shape index (κ3) is 7.85. The molecule has 3 nitrogen and oxygen atoms in total. The van der Waals surface area contributed by atoms with Gasteiger partial charge in [-0.05, 0) is 19.1 Å². The molecule has 0 saturated heterocycles. The molecule has 1 aromatic carbocycles. The van der Waals surface area contributed by atoms with Crippen molar-refractivity contribution in [2.24, 2.45) is 0 Å². The minimum absolute atomic E-state index is 0. The number of carbonyl (C=O) groups is 1. The normalized spacial score (nSPS) is 10.8. The molecule has 0 heterocycles. The summed E-state index contributed by atoms with van der Waals surface area (Å²) >= 11 is 0. The van der Waals surface area contributed by atoms with E-state index in [4.69, 9.17) is 9.47 Å². The maximum absolute atomic E-state index is 10.9. The van der Waals surface area contributed by atoms with Gasteiger partial charge >= 0.3 is 0 Å². The molecule has 0 aliphatic rings. The van der Waals surface area contributed by atoms with E-state index in [1.807, 2.05) is 30.3 Å². The maximum Gasteiger partial charge on any atom is 0.132 e. The van der Waals surface area contributed by atoms with Crippen molar-refractivity contribution in [3.8, 4) is 5.75 Å². The van der Waals surface area contributed by atoms with Crippen LogP contribution in [0.2, 0.25) is 0 Å². The second kappa shape index (κ2) is 10.8. The monoisotopic (exact) mass is 254 g/mol. The van der Waals surface area contributed by atoms with Gasteiger partial charge in [-0.15, -0.1) is 0 Å². The van der Waals surface area contributed by atoms with Gasteiger partial charge in [0, 0.05) is 20.0 Å². The lowest BCUT2D eigenvalue weighted by atomic mass is 10.1. The van der Waals surface area contributed by atoms with E-state index in [-0.39, 0.29) is 26.7 Å². The highest BCUT2D eigenvalue weighted by Gasteiger charge is 2.10. The van der Waals surface area contributed by atoms with E-state index < -0.39 is 0 Å². The molecule has 3 heteroatoms. The summed E-state index contributed by atoms with van der Waals surface area (Å²) in [4.78, 5) is 10.9. The van der Waals surface area contributed by atoms with Gasteiger partial charge in [-0.25, -0.2) is 0 Å². The minimum atomic E-state index is -0.0405. The summed E-state index contributed by atoms with van der Waals surface area (Å²) in [5, 5.41) is 0. The molecule has 0 N–H and O–H groups in total. The van der Waals surface area contributed by atoms with E-state index in [0.717, 1.165) is 12.2 Å². The zero-order chi connectivity index (χ0) is 11.8. The molecule has 104 valence electrons. The Kier molecular flexibility index (Phi) is 11.4. The number of benzene rings is 1. The Hall–Kier alpha value is -1.35. The summed E-state index contributed by atoms with van der Waals surface area (Å²) in [6, 6.07) is 9.62. The first-order chi connectivity index (χ1) is 7.72. The van der Waals surface area contributed by atoms with Gasteiger partial charge in [-0.1, -0.05) is 33.1 Å². The second-order valence-corrected chi connectivity index (χ2v) is 3.71. The molecule has 0 aromatic heterocycles. The fourth-order valence-electron chi connectivity index (χ4n) is 1.45. The molecule has 1 atom stereocenters.